The van der Waals surface area contributed by atoms with Gasteiger partial charge in [-0.3, -0.25) is 10.2 Å². The highest BCUT2D eigenvalue weighted by Crippen LogP contribution is 2.08. The van der Waals surface area contributed by atoms with Gasteiger partial charge in [-0.2, -0.15) is 0 Å². The second kappa shape index (κ2) is 3.32. The van der Waals surface area contributed by atoms with Crippen LogP contribution in [-0.2, 0) is 0 Å². The molecule has 0 aliphatic rings. The predicted octanol–water partition coefficient (Wildman–Crippen LogP) is -0.0504. The average Bonchev–Trinajstić information content (AvgIpc) is 2.60. The van der Waals surface area contributed by atoms with Crippen molar-refractivity contribution in [1.82, 2.24) is 20.0 Å². The molecule has 1 amide bonds. The molecule has 0 fully saturated rings. The minimum atomic E-state index is -0.490. The summed E-state index contributed by atoms with van der Waals surface area (Å²) >= 11 is 0. The fourth-order valence-corrected chi connectivity index (χ4v) is 1.47. The van der Waals surface area contributed by atoms with Gasteiger partial charge in [0.2, 0.25) is 5.82 Å². The first-order chi connectivity index (χ1) is 7.11. The monoisotopic (exact) mass is 205 g/mol. The molecule has 78 valence electrons. The number of nitrogens with one attached hydrogen (secondary N) is 1. The Hall–Kier alpha value is -1.95. The van der Waals surface area contributed by atoms with E-state index in [0.717, 1.165) is 11.3 Å². The average molecular weight is 205 g/mol. The molecule has 2 rings (SSSR count). The van der Waals surface area contributed by atoms with E-state index < -0.39 is 5.91 Å². The molecule has 2 aromatic heterocycles. The molecule has 0 saturated carbocycles. The van der Waals surface area contributed by atoms with E-state index in [1.165, 1.54) is 0 Å². The van der Waals surface area contributed by atoms with Gasteiger partial charge >= 0.3 is 5.91 Å². The van der Waals surface area contributed by atoms with Gasteiger partial charge < -0.3 is 0 Å². The fraction of sp³-hybridized carbons (Fsp3) is 0.222. The minimum absolute atomic E-state index is 0.0752. The maximum absolute atomic E-state index is 11.2. The van der Waals surface area contributed by atoms with Crippen LogP contribution in [0.1, 0.15) is 21.9 Å². The molecule has 2 heterocycles. The van der Waals surface area contributed by atoms with Gasteiger partial charge in [0.15, 0.2) is 5.65 Å². The topological polar surface area (TPSA) is 85.3 Å². The van der Waals surface area contributed by atoms with E-state index in [4.69, 9.17) is 5.84 Å². The third-order valence-electron chi connectivity index (χ3n) is 2.09. The van der Waals surface area contributed by atoms with Crippen molar-refractivity contribution in [2.75, 3.05) is 0 Å². The number of carbonyl (C=O) groups excluding carboxylic acids is 1. The van der Waals surface area contributed by atoms with Crippen LogP contribution in [-0.4, -0.2) is 20.5 Å². The standard InChI is InChI=1S/C9H11N5O/c1-5-3-6(2)14-7(4-5)11-8(13-14)9(15)12-10/h3-4H,10H2,1-2H3,(H,12,15). The summed E-state index contributed by atoms with van der Waals surface area (Å²) in [6.45, 7) is 3.86. The number of fused-ring (bicyclic) bond motifs is 1. The van der Waals surface area contributed by atoms with Crippen LogP contribution in [0.2, 0.25) is 0 Å². The number of pyridine rings is 1. The highest BCUT2D eigenvalue weighted by Gasteiger charge is 2.12. The fourth-order valence-electron chi connectivity index (χ4n) is 1.47. The maximum atomic E-state index is 11.2. The lowest BCUT2D eigenvalue weighted by molar-refractivity contribution is 0.0943. The normalized spacial score (nSPS) is 10.6. The van der Waals surface area contributed by atoms with Crippen molar-refractivity contribution in [3.8, 4) is 0 Å². The van der Waals surface area contributed by atoms with Crippen molar-refractivity contribution in [1.29, 1.82) is 0 Å². The number of hydrogen-bond donors (Lipinski definition) is 2. The summed E-state index contributed by atoms with van der Waals surface area (Å²) in [5.41, 5.74) is 4.64. The smallest absolute Gasteiger partial charge is 0.287 e. The molecule has 0 bridgehead atoms. The Bertz CT molecular complexity index is 531. The Labute approximate surface area is 86.1 Å². The highest BCUT2D eigenvalue weighted by molar-refractivity contribution is 5.90. The summed E-state index contributed by atoms with van der Waals surface area (Å²) in [6, 6.07) is 3.82. The zero-order chi connectivity index (χ0) is 11.0. The number of carbonyl (C=O) groups is 1. The van der Waals surface area contributed by atoms with Crippen molar-refractivity contribution in [2.24, 2.45) is 5.84 Å². The van der Waals surface area contributed by atoms with Gasteiger partial charge in [-0.25, -0.2) is 15.3 Å². The molecule has 6 heteroatoms. The molecule has 0 saturated heterocycles. The first kappa shape index (κ1) is 9.60. The van der Waals surface area contributed by atoms with E-state index in [-0.39, 0.29) is 5.82 Å². The van der Waals surface area contributed by atoms with Crippen LogP contribution in [0.3, 0.4) is 0 Å². The number of nitrogens with zero attached hydrogens (tertiary/aromatic N) is 3. The summed E-state index contributed by atoms with van der Waals surface area (Å²) < 4.78 is 1.61. The van der Waals surface area contributed by atoms with Crippen LogP contribution in [0.4, 0.5) is 0 Å². The van der Waals surface area contributed by atoms with E-state index in [9.17, 15) is 4.79 Å². The van der Waals surface area contributed by atoms with Gasteiger partial charge in [0.1, 0.15) is 0 Å². The molecule has 0 aliphatic carbocycles. The van der Waals surface area contributed by atoms with Gasteiger partial charge in [-0.1, -0.05) is 0 Å². The zero-order valence-corrected chi connectivity index (χ0v) is 8.48. The molecule has 6 nitrogen and oxygen atoms in total. The van der Waals surface area contributed by atoms with E-state index in [2.05, 4.69) is 10.1 Å². The van der Waals surface area contributed by atoms with Gasteiger partial charge in [-0.05, 0) is 31.5 Å². The Kier molecular flexibility index (Phi) is 2.12. The molecule has 0 radical (unpaired) electrons. The van der Waals surface area contributed by atoms with E-state index in [1.807, 2.05) is 31.4 Å². The van der Waals surface area contributed by atoms with Crippen LogP contribution in [0.25, 0.3) is 5.65 Å². The third-order valence-corrected chi connectivity index (χ3v) is 2.09. The Balaban J connectivity index is 2.65. The van der Waals surface area contributed by atoms with Crippen molar-refractivity contribution >= 4 is 11.6 Å². The van der Waals surface area contributed by atoms with Crippen molar-refractivity contribution in [3.63, 3.8) is 0 Å². The molecule has 0 atom stereocenters. The van der Waals surface area contributed by atoms with Gasteiger partial charge in [-0.15, -0.1) is 5.10 Å². The second-order valence-corrected chi connectivity index (χ2v) is 3.35. The molecule has 0 unspecified atom stereocenters. The van der Waals surface area contributed by atoms with Crippen LogP contribution in [0.5, 0.6) is 0 Å². The highest BCUT2D eigenvalue weighted by atomic mass is 16.2. The van der Waals surface area contributed by atoms with E-state index >= 15 is 0 Å². The Morgan fingerprint density at radius 1 is 1.47 bits per heavy atom. The van der Waals surface area contributed by atoms with Gasteiger partial charge in [0, 0.05) is 5.69 Å². The molecule has 15 heavy (non-hydrogen) atoms. The lowest BCUT2D eigenvalue weighted by Gasteiger charge is -1.98. The van der Waals surface area contributed by atoms with E-state index in [0.29, 0.717) is 5.65 Å². The first-order valence-corrected chi connectivity index (χ1v) is 4.47. The Morgan fingerprint density at radius 3 is 2.87 bits per heavy atom. The number of rotatable bonds is 1. The van der Waals surface area contributed by atoms with Crippen LogP contribution >= 0.6 is 0 Å². The third kappa shape index (κ3) is 1.55. The summed E-state index contributed by atoms with van der Waals surface area (Å²) in [5, 5.41) is 4.04. The number of amides is 1. The molecule has 0 aromatic carbocycles. The minimum Gasteiger partial charge on any atom is -0.287 e. The Morgan fingerprint density at radius 2 is 2.20 bits per heavy atom. The van der Waals surface area contributed by atoms with Gasteiger partial charge in [0.25, 0.3) is 0 Å². The van der Waals surface area contributed by atoms with Crippen molar-refractivity contribution in [2.45, 2.75) is 13.8 Å². The molecule has 0 spiro atoms. The zero-order valence-electron chi connectivity index (χ0n) is 8.48. The van der Waals surface area contributed by atoms with Crippen LogP contribution in [0.15, 0.2) is 12.1 Å². The number of aromatic nitrogens is 3. The molecule has 2 aromatic rings. The van der Waals surface area contributed by atoms with Crippen LogP contribution < -0.4 is 11.3 Å². The first-order valence-electron chi connectivity index (χ1n) is 4.47. The molecular formula is C9H11N5O. The maximum Gasteiger partial charge on any atom is 0.304 e. The molecule has 3 N–H and O–H groups in total. The van der Waals surface area contributed by atoms with Crippen molar-refractivity contribution in [3.05, 3.63) is 29.2 Å². The lowest BCUT2D eigenvalue weighted by Crippen LogP contribution is -2.30. The summed E-state index contributed by atoms with van der Waals surface area (Å²) in [7, 11) is 0. The molecular weight excluding hydrogens is 194 g/mol. The lowest BCUT2D eigenvalue weighted by atomic mass is 10.2. The largest absolute Gasteiger partial charge is 0.304 e. The van der Waals surface area contributed by atoms with Gasteiger partial charge in [0.05, 0.1) is 0 Å². The summed E-state index contributed by atoms with van der Waals surface area (Å²) in [4.78, 5) is 15.3. The number of hydrazine groups is 1. The number of hydrogen-bond acceptors (Lipinski definition) is 4. The second-order valence-electron chi connectivity index (χ2n) is 3.35. The van der Waals surface area contributed by atoms with Crippen molar-refractivity contribution < 1.29 is 4.79 Å². The van der Waals surface area contributed by atoms with Crippen LogP contribution in [0, 0.1) is 13.8 Å². The quantitative estimate of drug-likeness (QED) is 0.388. The molecule has 0 aliphatic heterocycles. The van der Waals surface area contributed by atoms with E-state index in [1.54, 1.807) is 4.52 Å². The summed E-state index contributed by atoms with van der Waals surface area (Å²) in [6.07, 6.45) is 0. The number of nitrogens with two attached hydrogens (primary N) is 1. The SMILES string of the molecule is Cc1cc(C)n2nc(C(=O)NN)nc2c1. The number of aryl methyl sites for hydroxylation is 2. The predicted molar refractivity (Wildman–Crippen MR) is 54.1 cm³/mol. The number of nitrogen functional groups attached to an aromatic ring is 1. The summed E-state index contributed by atoms with van der Waals surface area (Å²) in [5.74, 6) is 4.59.